The maximum Gasteiger partial charge on any atom is 0.291 e. The second kappa shape index (κ2) is 7.24. The molecule has 9 heteroatoms. The lowest BCUT2D eigenvalue weighted by Gasteiger charge is -2.08. The Morgan fingerprint density at radius 2 is 1.88 bits per heavy atom. The van der Waals surface area contributed by atoms with Crippen molar-refractivity contribution in [2.45, 2.75) is 0 Å². The minimum Gasteiger partial charge on any atom is -0.459 e. The third kappa shape index (κ3) is 3.35. The van der Waals surface area contributed by atoms with Crippen LogP contribution in [-0.4, -0.2) is 25.7 Å². The highest BCUT2D eigenvalue weighted by Crippen LogP contribution is 2.23. The highest BCUT2D eigenvalue weighted by Gasteiger charge is 2.10. The van der Waals surface area contributed by atoms with Crippen LogP contribution in [0.1, 0.15) is 10.6 Å². The van der Waals surface area contributed by atoms with Crippen LogP contribution in [0.2, 0.25) is 0 Å². The summed E-state index contributed by atoms with van der Waals surface area (Å²) < 4.78 is 6.76. The quantitative estimate of drug-likeness (QED) is 0.571. The molecule has 4 aromatic rings. The van der Waals surface area contributed by atoms with Crippen molar-refractivity contribution >= 4 is 46.5 Å². The SMILES string of the molecule is Cl.Cn1ncc2c(Nc3ccc(NC(=O)c4ccco4)cc3)ncnc21. The number of aromatic nitrogens is 4. The first-order chi connectivity index (χ1) is 12.2. The minimum absolute atomic E-state index is 0. The predicted molar refractivity (Wildman–Crippen MR) is 99.9 cm³/mol. The number of amides is 1. The van der Waals surface area contributed by atoms with Gasteiger partial charge in [0.1, 0.15) is 12.1 Å². The topological polar surface area (TPSA) is 97.9 Å². The molecule has 0 aliphatic rings. The van der Waals surface area contributed by atoms with Crippen LogP contribution in [0.5, 0.6) is 0 Å². The molecular formula is C17H15ClN6O2. The minimum atomic E-state index is -0.293. The summed E-state index contributed by atoms with van der Waals surface area (Å²) in [7, 11) is 1.83. The van der Waals surface area contributed by atoms with Gasteiger partial charge in [-0.1, -0.05) is 0 Å². The van der Waals surface area contributed by atoms with Gasteiger partial charge in [0.2, 0.25) is 0 Å². The summed E-state index contributed by atoms with van der Waals surface area (Å²) in [5, 5.41) is 11.0. The highest BCUT2D eigenvalue weighted by molar-refractivity contribution is 6.02. The second-order valence-electron chi connectivity index (χ2n) is 5.36. The van der Waals surface area contributed by atoms with Crippen molar-refractivity contribution in [3.8, 4) is 0 Å². The van der Waals surface area contributed by atoms with E-state index in [-0.39, 0.29) is 24.1 Å². The summed E-state index contributed by atoms with van der Waals surface area (Å²) in [6, 6.07) is 10.6. The van der Waals surface area contributed by atoms with Gasteiger partial charge in [0, 0.05) is 18.4 Å². The Labute approximate surface area is 154 Å². The molecular weight excluding hydrogens is 356 g/mol. The molecule has 26 heavy (non-hydrogen) atoms. The summed E-state index contributed by atoms with van der Waals surface area (Å²) in [6.07, 6.45) is 4.67. The lowest BCUT2D eigenvalue weighted by molar-refractivity contribution is 0.0996. The largest absolute Gasteiger partial charge is 0.459 e. The fourth-order valence-corrected chi connectivity index (χ4v) is 2.44. The highest BCUT2D eigenvalue weighted by atomic mass is 35.5. The van der Waals surface area contributed by atoms with Gasteiger partial charge in [0.05, 0.1) is 17.8 Å². The monoisotopic (exact) mass is 370 g/mol. The number of rotatable bonds is 4. The van der Waals surface area contributed by atoms with Crippen molar-refractivity contribution in [3.05, 3.63) is 60.9 Å². The Morgan fingerprint density at radius 1 is 1.12 bits per heavy atom. The van der Waals surface area contributed by atoms with E-state index < -0.39 is 0 Å². The Bertz CT molecular complexity index is 1030. The Hall–Kier alpha value is -3.39. The molecule has 1 aromatic carbocycles. The van der Waals surface area contributed by atoms with Gasteiger partial charge in [0.15, 0.2) is 11.4 Å². The number of furan rings is 1. The van der Waals surface area contributed by atoms with Crippen LogP contribution < -0.4 is 10.6 Å². The van der Waals surface area contributed by atoms with Gasteiger partial charge in [-0.3, -0.25) is 9.48 Å². The van der Waals surface area contributed by atoms with E-state index in [4.69, 9.17) is 4.42 Å². The van der Waals surface area contributed by atoms with Crippen molar-refractivity contribution in [1.82, 2.24) is 19.7 Å². The third-order valence-corrected chi connectivity index (χ3v) is 3.68. The molecule has 0 aliphatic heterocycles. The van der Waals surface area contributed by atoms with Gasteiger partial charge in [0.25, 0.3) is 5.91 Å². The summed E-state index contributed by atoms with van der Waals surface area (Å²) in [6.45, 7) is 0. The molecule has 0 aliphatic carbocycles. The Kier molecular flexibility index (Phi) is 4.85. The molecule has 8 nitrogen and oxygen atoms in total. The van der Waals surface area contributed by atoms with Crippen LogP contribution in [-0.2, 0) is 7.05 Å². The number of halogens is 1. The molecule has 0 radical (unpaired) electrons. The summed E-state index contributed by atoms with van der Waals surface area (Å²) in [5.74, 6) is 0.645. The molecule has 3 aromatic heterocycles. The van der Waals surface area contributed by atoms with Gasteiger partial charge in [-0.05, 0) is 36.4 Å². The van der Waals surface area contributed by atoms with Crippen molar-refractivity contribution in [2.75, 3.05) is 10.6 Å². The van der Waals surface area contributed by atoms with Crippen molar-refractivity contribution < 1.29 is 9.21 Å². The van der Waals surface area contributed by atoms with Gasteiger partial charge in [-0.15, -0.1) is 12.4 Å². The van der Waals surface area contributed by atoms with Crippen LogP contribution in [0.4, 0.5) is 17.2 Å². The number of nitrogens with zero attached hydrogens (tertiary/aromatic N) is 4. The first-order valence-corrected chi connectivity index (χ1v) is 7.55. The zero-order valence-electron chi connectivity index (χ0n) is 13.7. The zero-order chi connectivity index (χ0) is 17.2. The van der Waals surface area contributed by atoms with E-state index >= 15 is 0 Å². The van der Waals surface area contributed by atoms with Crippen molar-refractivity contribution in [1.29, 1.82) is 0 Å². The van der Waals surface area contributed by atoms with Crippen LogP contribution in [0.25, 0.3) is 11.0 Å². The van der Waals surface area contributed by atoms with E-state index in [9.17, 15) is 4.79 Å². The van der Waals surface area contributed by atoms with E-state index in [2.05, 4.69) is 25.7 Å². The zero-order valence-corrected chi connectivity index (χ0v) is 14.5. The van der Waals surface area contributed by atoms with E-state index in [1.54, 1.807) is 35.1 Å². The van der Waals surface area contributed by atoms with Crippen LogP contribution in [0.3, 0.4) is 0 Å². The number of benzene rings is 1. The number of aryl methyl sites for hydroxylation is 1. The average Bonchev–Trinajstić information content (AvgIpc) is 3.28. The second-order valence-corrected chi connectivity index (χ2v) is 5.36. The van der Waals surface area contributed by atoms with E-state index in [0.717, 1.165) is 16.7 Å². The summed E-state index contributed by atoms with van der Waals surface area (Å²) >= 11 is 0. The third-order valence-electron chi connectivity index (χ3n) is 3.68. The molecule has 3 heterocycles. The Morgan fingerprint density at radius 3 is 2.62 bits per heavy atom. The van der Waals surface area contributed by atoms with E-state index in [1.807, 2.05) is 19.2 Å². The average molecular weight is 371 g/mol. The number of fused-ring (bicyclic) bond motifs is 1. The smallest absolute Gasteiger partial charge is 0.291 e. The molecule has 0 saturated carbocycles. The summed E-state index contributed by atoms with van der Waals surface area (Å²) in [4.78, 5) is 20.4. The molecule has 1 amide bonds. The number of hydrogen-bond acceptors (Lipinski definition) is 6. The fourth-order valence-electron chi connectivity index (χ4n) is 2.44. The normalized spacial score (nSPS) is 10.3. The first-order valence-electron chi connectivity index (χ1n) is 7.55. The number of nitrogens with one attached hydrogen (secondary N) is 2. The number of hydrogen-bond donors (Lipinski definition) is 2. The molecule has 0 atom stereocenters. The van der Waals surface area contributed by atoms with Crippen LogP contribution in [0, 0.1) is 0 Å². The van der Waals surface area contributed by atoms with Crippen molar-refractivity contribution in [3.63, 3.8) is 0 Å². The summed E-state index contributed by atoms with van der Waals surface area (Å²) in [5.41, 5.74) is 2.25. The lowest BCUT2D eigenvalue weighted by atomic mass is 10.2. The maximum absolute atomic E-state index is 12.0. The van der Waals surface area contributed by atoms with E-state index in [1.165, 1.54) is 12.6 Å². The number of carbonyl (C=O) groups excluding carboxylic acids is 1. The molecule has 0 bridgehead atoms. The number of anilines is 3. The van der Waals surface area contributed by atoms with Gasteiger partial charge >= 0.3 is 0 Å². The number of carbonyl (C=O) groups is 1. The van der Waals surface area contributed by atoms with Gasteiger partial charge in [-0.2, -0.15) is 5.10 Å². The first kappa shape index (κ1) is 17.4. The molecule has 0 spiro atoms. The maximum atomic E-state index is 12.0. The fraction of sp³-hybridized carbons (Fsp3) is 0.0588. The van der Waals surface area contributed by atoms with Crippen LogP contribution in [0.15, 0.2) is 59.6 Å². The molecule has 0 unspecified atom stereocenters. The predicted octanol–water partition coefficient (Wildman–Crippen LogP) is 3.37. The molecule has 4 rings (SSSR count). The lowest BCUT2D eigenvalue weighted by Crippen LogP contribution is -2.10. The van der Waals surface area contributed by atoms with E-state index in [0.29, 0.717) is 11.5 Å². The van der Waals surface area contributed by atoms with Crippen molar-refractivity contribution in [2.24, 2.45) is 7.05 Å². The van der Waals surface area contributed by atoms with Crippen LogP contribution >= 0.6 is 12.4 Å². The molecule has 2 N–H and O–H groups in total. The molecule has 132 valence electrons. The van der Waals surface area contributed by atoms with Gasteiger partial charge < -0.3 is 15.1 Å². The standard InChI is InChI=1S/C17H14N6O2.ClH/c1-23-16-13(9-20-23)15(18-10-19-16)21-11-4-6-12(7-5-11)22-17(24)14-3-2-8-25-14;/h2-10H,1H3,(H,22,24)(H,18,19,21);1H. The molecule has 0 saturated heterocycles. The van der Waals surface area contributed by atoms with Gasteiger partial charge in [-0.25, -0.2) is 9.97 Å². The molecule has 0 fully saturated rings. The Balaban J connectivity index is 0.00000196.